The van der Waals surface area contributed by atoms with Gasteiger partial charge in [-0.25, -0.2) is 28.7 Å². The monoisotopic (exact) mass is 533 g/mol. The molecule has 0 fully saturated rings. The van der Waals surface area contributed by atoms with E-state index in [1.807, 2.05) is 0 Å². The first-order chi connectivity index (χ1) is 18.1. The summed E-state index contributed by atoms with van der Waals surface area (Å²) < 4.78 is 29.8. The van der Waals surface area contributed by atoms with Crippen molar-refractivity contribution in [3.63, 3.8) is 0 Å². The number of benzene rings is 2. The number of aromatic nitrogens is 5. The lowest BCUT2D eigenvalue weighted by Crippen LogP contribution is -2.32. The second-order valence-electron chi connectivity index (χ2n) is 9.04. The fourth-order valence-corrected chi connectivity index (χ4v) is 4.82. The number of nitrogens with two attached hydrogens (primary N) is 1. The van der Waals surface area contributed by atoms with E-state index >= 15 is 0 Å². The Kier molecular flexibility index (Phi) is 5.28. The van der Waals surface area contributed by atoms with Crippen LogP contribution in [0.25, 0.3) is 17.2 Å². The fraction of sp³-hybridized carbons (Fsp3) is 0.115. The van der Waals surface area contributed by atoms with Crippen LogP contribution in [-0.2, 0) is 16.6 Å². The standard InChI is InChI=1S/C26H18ClF2N7O2/c1-26(13-2-4-15(27)19(37)10-13)20-21(30)33-22(34-23(20)35-25(26)38)18-11-36-7-6-31-24(36)17(32-18)9-12-8-14(28)3-5-16(12)29/h2-8,10-11,37H,9H2,1H3,(H3,30,33,34,35,38). The number of amides is 1. The Morgan fingerprint density at radius 3 is 2.76 bits per heavy atom. The van der Waals surface area contributed by atoms with Crippen molar-refractivity contribution < 1.29 is 18.7 Å². The summed E-state index contributed by atoms with van der Waals surface area (Å²) in [5, 5.41) is 13.0. The second kappa shape index (κ2) is 8.45. The molecule has 4 N–H and O–H groups in total. The Morgan fingerprint density at radius 2 is 1.97 bits per heavy atom. The van der Waals surface area contributed by atoms with E-state index in [-0.39, 0.29) is 45.9 Å². The first-order valence-corrected chi connectivity index (χ1v) is 11.8. The molecule has 0 radical (unpaired) electrons. The van der Waals surface area contributed by atoms with Crippen LogP contribution in [0.3, 0.4) is 0 Å². The minimum absolute atomic E-state index is 0.0329. The van der Waals surface area contributed by atoms with Crippen LogP contribution in [0.15, 0.2) is 55.0 Å². The average Bonchev–Trinajstić information content (AvgIpc) is 3.46. The lowest BCUT2D eigenvalue weighted by Gasteiger charge is -2.23. The van der Waals surface area contributed by atoms with Gasteiger partial charge < -0.3 is 20.6 Å². The van der Waals surface area contributed by atoms with Gasteiger partial charge in [-0.15, -0.1) is 0 Å². The van der Waals surface area contributed by atoms with Gasteiger partial charge in [-0.1, -0.05) is 17.7 Å². The van der Waals surface area contributed by atoms with Crippen molar-refractivity contribution in [3.05, 3.63) is 94.0 Å². The fourth-order valence-electron chi connectivity index (χ4n) is 4.70. The van der Waals surface area contributed by atoms with Crippen LogP contribution >= 0.6 is 11.6 Å². The number of anilines is 2. The summed E-state index contributed by atoms with van der Waals surface area (Å²) in [6, 6.07) is 7.72. The molecule has 38 heavy (non-hydrogen) atoms. The number of aromatic hydroxyl groups is 1. The molecular formula is C26H18ClF2N7O2. The number of phenolic OH excluding ortho intramolecular Hbond substituents is 1. The highest BCUT2D eigenvalue weighted by molar-refractivity contribution is 6.32. The Balaban J connectivity index is 1.47. The van der Waals surface area contributed by atoms with Gasteiger partial charge in [0.25, 0.3) is 0 Å². The van der Waals surface area contributed by atoms with Crippen LogP contribution in [0.1, 0.15) is 29.3 Å². The molecule has 0 saturated heterocycles. The maximum Gasteiger partial charge on any atom is 0.240 e. The van der Waals surface area contributed by atoms with E-state index in [0.29, 0.717) is 22.5 Å². The van der Waals surface area contributed by atoms with E-state index in [2.05, 4.69) is 25.3 Å². The maximum atomic E-state index is 14.4. The number of hydrogen-bond donors (Lipinski definition) is 3. The highest BCUT2D eigenvalue weighted by Crippen LogP contribution is 2.46. The third-order valence-electron chi connectivity index (χ3n) is 6.68. The van der Waals surface area contributed by atoms with E-state index < -0.39 is 23.0 Å². The van der Waals surface area contributed by atoms with Crippen LogP contribution in [0, 0.1) is 11.6 Å². The lowest BCUT2D eigenvalue weighted by molar-refractivity contribution is -0.119. The average molecular weight is 534 g/mol. The molecule has 0 spiro atoms. The number of rotatable bonds is 4. The molecule has 4 heterocycles. The van der Waals surface area contributed by atoms with Gasteiger partial charge in [0.05, 0.1) is 16.3 Å². The molecule has 12 heteroatoms. The second-order valence-corrected chi connectivity index (χ2v) is 9.45. The van der Waals surface area contributed by atoms with E-state index in [1.54, 1.807) is 36.0 Å². The Bertz CT molecular complexity index is 1790. The number of phenols is 1. The molecule has 3 aromatic heterocycles. The Hall–Kier alpha value is -4.64. The topological polar surface area (TPSA) is 131 Å². The zero-order chi connectivity index (χ0) is 26.8. The molecule has 1 atom stereocenters. The molecule has 9 nitrogen and oxygen atoms in total. The zero-order valence-corrected chi connectivity index (χ0v) is 20.5. The van der Waals surface area contributed by atoms with Crippen molar-refractivity contribution in [1.82, 2.24) is 24.3 Å². The molecule has 190 valence electrons. The summed E-state index contributed by atoms with van der Waals surface area (Å²) in [5.74, 6) is -1.39. The summed E-state index contributed by atoms with van der Waals surface area (Å²) in [5.41, 5.74) is 7.10. The number of fused-ring (bicyclic) bond motifs is 2. The maximum absolute atomic E-state index is 14.4. The summed E-state index contributed by atoms with van der Waals surface area (Å²) in [6.07, 6.45) is 4.82. The van der Waals surface area contributed by atoms with Crippen LogP contribution in [0.2, 0.25) is 5.02 Å². The molecule has 1 aliphatic rings. The van der Waals surface area contributed by atoms with Gasteiger partial charge in [-0.05, 0) is 48.4 Å². The zero-order valence-electron chi connectivity index (χ0n) is 19.7. The third-order valence-corrected chi connectivity index (χ3v) is 7.00. The summed E-state index contributed by atoms with van der Waals surface area (Å²) in [7, 11) is 0. The number of nitrogens with zero attached hydrogens (tertiary/aromatic N) is 5. The molecule has 6 rings (SSSR count). The van der Waals surface area contributed by atoms with Gasteiger partial charge in [0.1, 0.15) is 40.1 Å². The van der Waals surface area contributed by atoms with Crippen molar-refractivity contribution in [3.8, 4) is 17.3 Å². The number of halogens is 3. The SMILES string of the molecule is CC1(c2ccc(Cl)c(O)c2)C(=O)Nc2nc(-c3cn4ccnc4c(Cc4cc(F)ccc4F)n3)nc(N)c21. The Morgan fingerprint density at radius 1 is 1.16 bits per heavy atom. The summed E-state index contributed by atoms with van der Waals surface area (Å²) in [6.45, 7) is 1.65. The van der Waals surface area contributed by atoms with Gasteiger partial charge in [0.2, 0.25) is 5.91 Å². The van der Waals surface area contributed by atoms with Gasteiger partial charge in [0.15, 0.2) is 11.5 Å². The van der Waals surface area contributed by atoms with Crippen LogP contribution in [0.5, 0.6) is 5.75 Å². The number of carbonyl (C=O) groups is 1. The van der Waals surface area contributed by atoms with Crippen LogP contribution < -0.4 is 11.1 Å². The van der Waals surface area contributed by atoms with E-state index in [9.17, 15) is 18.7 Å². The van der Waals surface area contributed by atoms with Crippen molar-refractivity contribution >= 4 is 34.8 Å². The van der Waals surface area contributed by atoms with Crippen molar-refractivity contribution in [2.75, 3.05) is 11.1 Å². The molecule has 1 aliphatic heterocycles. The largest absolute Gasteiger partial charge is 0.506 e. The van der Waals surface area contributed by atoms with Crippen LogP contribution in [-0.4, -0.2) is 35.4 Å². The minimum atomic E-state index is -1.29. The first-order valence-electron chi connectivity index (χ1n) is 11.4. The number of imidazole rings is 1. The molecule has 0 aliphatic carbocycles. The van der Waals surface area contributed by atoms with E-state index in [1.165, 1.54) is 12.1 Å². The molecule has 0 saturated carbocycles. The molecule has 1 amide bonds. The first kappa shape index (κ1) is 23.7. The molecule has 5 aromatic rings. The van der Waals surface area contributed by atoms with E-state index in [4.69, 9.17) is 17.3 Å². The van der Waals surface area contributed by atoms with Crippen molar-refractivity contribution in [1.29, 1.82) is 0 Å². The Labute approximate surface area is 219 Å². The summed E-state index contributed by atoms with van der Waals surface area (Å²) in [4.78, 5) is 31.0. The number of nitrogen functional groups attached to an aromatic ring is 1. The normalized spacial score (nSPS) is 16.6. The van der Waals surface area contributed by atoms with Gasteiger partial charge in [0, 0.05) is 25.0 Å². The number of carbonyl (C=O) groups excluding carboxylic acids is 1. The predicted molar refractivity (Wildman–Crippen MR) is 136 cm³/mol. The number of nitrogens with one attached hydrogen (secondary N) is 1. The van der Waals surface area contributed by atoms with Gasteiger partial charge >= 0.3 is 0 Å². The molecule has 0 bridgehead atoms. The van der Waals surface area contributed by atoms with Crippen molar-refractivity contribution in [2.45, 2.75) is 18.8 Å². The highest BCUT2D eigenvalue weighted by Gasteiger charge is 2.47. The smallest absolute Gasteiger partial charge is 0.240 e. The third kappa shape index (κ3) is 3.62. The quantitative estimate of drug-likeness (QED) is 0.314. The van der Waals surface area contributed by atoms with Gasteiger partial charge in [-0.2, -0.15) is 0 Å². The van der Waals surface area contributed by atoms with E-state index in [0.717, 1.165) is 18.2 Å². The predicted octanol–water partition coefficient (Wildman–Crippen LogP) is 4.25. The highest BCUT2D eigenvalue weighted by atomic mass is 35.5. The number of hydrogen-bond acceptors (Lipinski definition) is 7. The molecular weight excluding hydrogens is 516 g/mol. The van der Waals surface area contributed by atoms with Gasteiger partial charge in [-0.3, -0.25) is 4.79 Å². The molecule has 1 unspecified atom stereocenters. The van der Waals surface area contributed by atoms with Crippen molar-refractivity contribution in [2.24, 2.45) is 0 Å². The minimum Gasteiger partial charge on any atom is -0.506 e. The van der Waals surface area contributed by atoms with Crippen LogP contribution in [0.4, 0.5) is 20.4 Å². The lowest BCUT2D eigenvalue weighted by atomic mass is 9.77. The molecule has 2 aromatic carbocycles. The summed E-state index contributed by atoms with van der Waals surface area (Å²) >= 11 is 5.95.